The summed E-state index contributed by atoms with van der Waals surface area (Å²) in [5, 5.41) is 6.69. The molecule has 0 radical (unpaired) electrons. The van der Waals surface area contributed by atoms with Gasteiger partial charge in [-0.05, 0) is 53.5 Å². The Labute approximate surface area is 163 Å². The fourth-order valence-corrected chi connectivity index (χ4v) is 3.65. The van der Waals surface area contributed by atoms with Crippen LogP contribution in [0.25, 0.3) is 16.8 Å². The quantitative estimate of drug-likeness (QED) is 0.768. The van der Waals surface area contributed by atoms with Crippen molar-refractivity contribution in [2.75, 3.05) is 6.54 Å². The standard InChI is InChI=1S/C24H22N2O2/c1-15-10-11-18-14-19(23(27)26-22(18)16(15)2)12-13-25-24(28)21-9-5-7-17-6-3-4-8-20(17)21/h3-11,14,19H,12-13H2,1-2H3,(H,25,28). The topological polar surface area (TPSA) is 58.5 Å². The van der Waals surface area contributed by atoms with Crippen molar-refractivity contribution in [1.29, 1.82) is 0 Å². The van der Waals surface area contributed by atoms with E-state index in [2.05, 4.69) is 16.4 Å². The first-order valence-electron chi connectivity index (χ1n) is 9.51. The van der Waals surface area contributed by atoms with Crippen molar-refractivity contribution < 1.29 is 9.59 Å². The van der Waals surface area contributed by atoms with Crippen molar-refractivity contribution in [1.82, 2.24) is 5.32 Å². The van der Waals surface area contributed by atoms with E-state index in [1.807, 2.05) is 68.5 Å². The lowest BCUT2D eigenvalue weighted by Crippen LogP contribution is -2.37. The molecule has 0 aliphatic carbocycles. The summed E-state index contributed by atoms with van der Waals surface area (Å²) in [7, 11) is 0. The van der Waals surface area contributed by atoms with Gasteiger partial charge in [-0.3, -0.25) is 9.59 Å². The molecule has 0 spiro atoms. The molecule has 1 heterocycles. The summed E-state index contributed by atoms with van der Waals surface area (Å²) in [5.74, 6) is -0.563. The smallest absolute Gasteiger partial charge is 0.253 e. The monoisotopic (exact) mass is 370 g/mol. The summed E-state index contributed by atoms with van der Waals surface area (Å²) in [6.07, 6.45) is 2.51. The van der Waals surface area contributed by atoms with E-state index >= 15 is 0 Å². The molecule has 1 aliphatic rings. The maximum Gasteiger partial charge on any atom is 0.253 e. The molecule has 4 heteroatoms. The van der Waals surface area contributed by atoms with E-state index in [1.54, 1.807) is 0 Å². The Balaban J connectivity index is 1.48. The Morgan fingerprint density at radius 2 is 1.82 bits per heavy atom. The number of aryl methyl sites for hydroxylation is 1. The highest BCUT2D eigenvalue weighted by atomic mass is 16.2. The number of hydrogen-bond acceptors (Lipinski definition) is 2. The molecule has 4 rings (SSSR count). The highest BCUT2D eigenvalue weighted by Gasteiger charge is 2.19. The van der Waals surface area contributed by atoms with Crippen LogP contribution in [0.1, 0.15) is 27.9 Å². The molecule has 3 aromatic carbocycles. The summed E-state index contributed by atoms with van der Waals surface area (Å²) in [4.78, 5) is 29.4. The number of amides is 2. The van der Waals surface area contributed by atoms with Gasteiger partial charge >= 0.3 is 0 Å². The van der Waals surface area contributed by atoms with Crippen LogP contribution in [0.5, 0.6) is 0 Å². The first-order chi connectivity index (χ1) is 13.5. The van der Waals surface area contributed by atoms with Crippen molar-refractivity contribution >= 4 is 28.7 Å². The molecule has 2 amide bonds. The summed E-state index contributed by atoms with van der Waals surface area (Å²) < 4.78 is 0. The molecule has 4 nitrogen and oxygen atoms in total. The molecule has 0 fully saturated rings. The summed E-state index contributed by atoms with van der Waals surface area (Å²) in [6.45, 7) is 4.43. The van der Waals surface area contributed by atoms with Gasteiger partial charge in [-0.25, -0.2) is 4.99 Å². The third-order valence-corrected chi connectivity index (χ3v) is 5.43. The molecule has 140 valence electrons. The zero-order valence-corrected chi connectivity index (χ0v) is 16.0. The first-order valence-corrected chi connectivity index (χ1v) is 9.51. The Morgan fingerprint density at radius 3 is 2.68 bits per heavy atom. The molecule has 3 aromatic rings. The highest BCUT2D eigenvalue weighted by molar-refractivity contribution is 6.07. The van der Waals surface area contributed by atoms with Gasteiger partial charge < -0.3 is 5.32 Å². The molecule has 0 bridgehead atoms. The van der Waals surface area contributed by atoms with Crippen LogP contribution >= 0.6 is 0 Å². The average molecular weight is 370 g/mol. The van der Waals surface area contributed by atoms with Gasteiger partial charge in [0.05, 0.1) is 11.3 Å². The predicted molar refractivity (Wildman–Crippen MR) is 111 cm³/mol. The van der Waals surface area contributed by atoms with Gasteiger partial charge in [-0.15, -0.1) is 0 Å². The molecule has 0 aromatic heterocycles. The van der Waals surface area contributed by atoms with Gasteiger partial charge in [0.25, 0.3) is 11.8 Å². The van der Waals surface area contributed by atoms with Gasteiger partial charge in [0, 0.05) is 12.1 Å². The van der Waals surface area contributed by atoms with Crippen LogP contribution in [0.15, 0.2) is 59.6 Å². The fourth-order valence-electron chi connectivity index (χ4n) is 3.65. The molecule has 0 saturated heterocycles. The number of rotatable bonds is 4. The normalized spacial score (nSPS) is 15.5. The first kappa shape index (κ1) is 18.1. The summed E-state index contributed by atoms with van der Waals surface area (Å²) in [6, 6.07) is 17.6. The second kappa shape index (κ2) is 7.39. The highest BCUT2D eigenvalue weighted by Crippen LogP contribution is 2.18. The number of nitrogens with one attached hydrogen (secondary N) is 1. The van der Waals surface area contributed by atoms with E-state index in [9.17, 15) is 9.59 Å². The van der Waals surface area contributed by atoms with Crippen LogP contribution in [0, 0.1) is 19.8 Å². The van der Waals surface area contributed by atoms with Crippen molar-refractivity contribution in [3.63, 3.8) is 0 Å². The van der Waals surface area contributed by atoms with Crippen LogP contribution in [-0.4, -0.2) is 18.4 Å². The maximum atomic E-state index is 12.6. The third-order valence-electron chi connectivity index (χ3n) is 5.43. The Kier molecular flexibility index (Phi) is 4.78. The predicted octanol–water partition coefficient (Wildman–Crippen LogP) is 2.83. The van der Waals surface area contributed by atoms with E-state index in [0.29, 0.717) is 18.5 Å². The van der Waals surface area contributed by atoms with Crippen molar-refractivity contribution in [2.45, 2.75) is 20.3 Å². The van der Waals surface area contributed by atoms with Crippen LogP contribution in [-0.2, 0) is 4.79 Å². The second-order valence-corrected chi connectivity index (χ2v) is 7.24. The van der Waals surface area contributed by atoms with E-state index < -0.39 is 0 Å². The van der Waals surface area contributed by atoms with E-state index in [-0.39, 0.29) is 17.7 Å². The van der Waals surface area contributed by atoms with Crippen LogP contribution in [0.2, 0.25) is 0 Å². The molecule has 0 saturated carbocycles. The van der Waals surface area contributed by atoms with Crippen molar-refractivity contribution in [2.24, 2.45) is 10.9 Å². The van der Waals surface area contributed by atoms with Gasteiger partial charge in [0.1, 0.15) is 0 Å². The molecule has 1 N–H and O–H groups in total. The molecule has 1 aliphatic heterocycles. The van der Waals surface area contributed by atoms with Gasteiger partial charge in [0.2, 0.25) is 0 Å². The van der Waals surface area contributed by atoms with Crippen molar-refractivity contribution in [3.05, 3.63) is 81.9 Å². The minimum Gasteiger partial charge on any atom is -0.352 e. The minimum atomic E-state index is -0.303. The third kappa shape index (κ3) is 3.33. The molecule has 1 unspecified atom stereocenters. The number of fused-ring (bicyclic) bond motifs is 2. The number of benzene rings is 3. The van der Waals surface area contributed by atoms with Crippen LogP contribution in [0.3, 0.4) is 0 Å². The lowest BCUT2D eigenvalue weighted by Gasteiger charge is -2.14. The van der Waals surface area contributed by atoms with Gasteiger partial charge in [-0.1, -0.05) is 54.6 Å². The van der Waals surface area contributed by atoms with E-state index in [1.165, 1.54) is 0 Å². The van der Waals surface area contributed by atoms with Crippen LogP contribution < -0.4 is 15.9 Å². The SMILES string of the molecule is Cc1ccc2c(c1C)=NC(=O)C(CCNC(=O)c1cccc3ccccc13)C=2. The Hall–Kier alpha value is -3.27. The molecular formula is C24H22N2O2. The lowest BCUT2D eigenvalue weighted by atomic mass is 9.97. The second-order valence-electron chi connectivity index (χ2n) is 7.24. The Bertz CT molecular complexity index is 1210. The summed E-state index contributed by atoms with van der Waals surface area (Å²) in [5.41, 5.74) is 2.83. The van der Waals surface area contributed by atoms with Crippen molar-refractivity contribution in [3.8, 4) is 0 Å². The minimum absolute atomic E-state index is 0.121. The summed E-state index contributed by atoms with van der Waals surface area (Å²) >= 11 is 0. The fraction of sp³-hybridized carbons (Fsp3) is 0.208. The molecular weight excluding hydrogens is 348 g/mol. The zero-order valence-electron chi connectivity index (χ0n) is 16.0. The molecule has 28 heavy (non-hydrogen) atoms. The average Bonchev–Trinajstić information content (AvgIpc) is 2.71. The number of hydrogen-bond donors (Lipinski definition) is 1. The van der Waals surface area contributed by atoms with Crippen LogP contribution in [0.4, 0.5) is 0 Å². The number of carbonyl (C=O) groups excluding carboxylic acids is 2. The lowest BCUT2D eigenvalue weighted by molar-refractivity contribution is -0.120. The Morgan fingerprint density at radius 1 is 1.04 bits per heavy atom. The zero-order chi connectivity index (χ0) is 19.7. The van der Waals surface area contributed by atoms with Gasteiger partial charge in [0.15, 0.2) is 0 Å². The van der Waals surface area contributed by atoms with E-state index in [0.717, 1.165) is 32.5 Å². The van der Waals surface area contributed by atoms with Gasteiger partial charge in [-0.2, -0.15) is 0 Å². The molecule has 1 atom stereocenters. The maximum absolute atomic E-state index is 12.6. The van der Waals surface area contributed by atoms with E-state index in [4.69, 9.17) is 0 Å². The number of nitrogens with zero attached hydrogens (tertiary/aromatic N) is 1. The largest absolute Gasteiger partial charge is 0.352 e. The number of carbonyl (C=O) groups is 2.